The van der Waals surface area contributed by atoms with Gasteiger partial charge in [-0.1, -0.05) is 46.6 Å². The summed E-state index contributed by atoms with van der Waals surface area (Å²) in [6.07, 6.45) is 1.28. The van der Waals surface area contributed by atoms with Gasteiger partial charge < -0.3 is 0 Å². The van der Waals surface area contributed by atoms with E-state index in [1.165, 1.54) is 25.3 Å². The van der Waals surface area contributed by atoms with Gasteiger partial charge in [0.1, 0.15) is 0 Å². The summed E-state index contributed by atoms with van der Waals surface area (Å²) in [5.74, 6) is 2.82. The zero-order valence-electron chi connectivity index (χ0n) is 9.84. The Morgan fingerprint density at radius 1 is 1.00 bits per heavy atom. The predicted octanol–water partition coefficient (Wildman–Crippen LogP) is 3.66. The summed E-state index contributed by atoms with van der Waals surface area (Å²) in [6.45, 7) is 13.9. The molecule has 0 N–H and O–H groups in total. The average molecular weight is 203 g/mol. The van der Waals surface area contributed by atoms with Gasteiger partial charge in [0.2, 0.25) is 0 Å². The van der Waals surface area contributed by atoms with Crippen molar-refractivity contribution < 1.29 is 0 Å². The van der Waals surface area contributed by atoms with Crippen molar-refractivity contribution in [3.05, 3.63) is 0 Å². The van der Waals surface area contributed by atoms with E-state index in [1.807, 2.05) is 11.9 Å². The van der Waals surface area contributed by atoms with Crippen LogP contribution in [0.3, 0.4) is 0 Å². The predicted molar refractivity (Wildman–Crippen MR) is 64.0 cm³/mol. The lowest BCUT2D eigenvalue weighted by molar-refractivity contribution is 0.364. The van der Waals surface area contributed by atoms with Crippen LogP contribution in [0.15, 0.2) is 0 Å². The molecule has 0 unspecified atom stereocenters. The highest BCUT2D eigenvalue weighted by molar-refractivity contribution is 7.97. The molecule has 0 saturated heterocycles. The molecule has 0 aromatic heterocycles. The quantitative estimate of drug-likeness (QED) is 0.581. The molecule has 80 valence electrons. The Labute approximate surface area is 88.4 Å². The molecule has 0 aromatic carbocycles. The summed E-state index contributed by atoms with van der Waals surface area (Å²) < 4.78 is 2.53. The maximum Gasteiger partial charge on any atom is 0.0112 e. The molecule has 2 heteroatoms. The van der Waals surface area contributed by atoms with Crippen molar-refractivity contribution in [3.63, 3.8) is 0 Å². The van der Waals surface area contributed by atoms with Crippen LogP contribution in [0.25, 0.3) is 0 Å². The van der Waals surface area contributed by atoms with E-state index in [2.05, 4.69) is 38.9 Å². The second kappa shape index (κ2) is 7.69. The van der Waals surface area contributed by atoms with Crippen LogP contribution in [0.2, 0.25) is 0 Å². The monoisotopic (exact) mass is 203 g/mol. The van der Waals surface area contributed by atoms with Gasteiger partial charge in [-0.15, -0.1) is 0 Å². The van der Waals surface area contributed by atoms with Gasteiger partial charge in [-0.05, 0) is 18.3 Å². The lowest BCUT2D eigenvalue weighted by Crippen LogP contribution is -2.25. The Morgan fingerprint density at radius 2 is 1.46 bits per heavy atom. The highest BCUT2D eigenvalue weighted by Crippen LogP contribution is 2.15. The summed E-state index contributed by atoms with van der Waals surface area (Å²) in [5.41, 5.74) is 0. The van der Waals surface area contributed by atoms with Gasteiger partial charge in [-0.3, -0.25) is 4.31 Å². The van der Waals surface area contributed by atoms with Crippen molar-refractivity contribution in [2.75, 3.05) is 18.8 Å². The second-order valence-electron chi connectivity index (χ2n) is 4.47. The standard InChI is InChI=1S/C11H25NS/c1-6-7-13-12(8-10(2)3)9-11(4)5/h10-11H,6-9H2,1-5H3. The molecule has 0 saturated carbocycles. The van der Waals surface area contributed by atoms with Crippen molar-refractivity contribution in [1.82, 2.24) is 4.31 Å². The van der Waals surface area contributed by atoms with Crippen LogP contribution in [0.4, 0.5) is 0 Å². The molecular weight excluding hydrogens is 178 g/mol. The first-order valence-electron chi connectivity index (χ1n) is 5.44. The van der Waals surface area contributed by atoms with Crippen LogP contribution in [0, 0.1) is 11.8 Å². The van der Waals surface area contributed by atoms with E-state index in [-0.39, 0.29) is 0 Å². The zero-order chi connectivity index (χ0) is 10.3. The maximum absolute atomic E-state index is 2.53. The Bertz CT molecular complexity index is 103. The number of nitrogens with zero attached hydrogens (tertiary/aromatic N) is 1. The van der Waals surface area contributed by atoms with E-state index >= 15 is 0 Å². The van der Waals surface area contributed by atoms with Gasteiger partial charge in [0.15, 0.2) is 0 Å². The Balaban J connectivity index is 3.73. The summed E-state index contributed by atoms with van der Waals surface area (Å²) >= 11 is 2.01. The van der Waals surface area contributed by atoms with Crippen molar-refractivity contribution in [2.24, 2.45) is 11.8 Å². The van der Waals surface area contributed by atoms with Crippen LogP contribution in [0.5, 0.6) is 0 Å². The lowest BCUT2D eigenvalue weighted by atomic mass is 10.2. The number of hydrogen-bond donors (Lipinski definition) is 0. The van der Waals surface area contributed by atoms with Crippen LogP contribution < -0.4 is 0 Å². The van der Waals surface area contributed by atoms with E-state index in [1.54, 1.807) is 0 Å². The molecule has 0 spiro atoms. The number of hydrogen-bond acceptors (Lipinski definition) is 2. The average Bonchev–Trinajstić information content (AvgIpc) is 1.98. The van der Waals surface area contributed by atoms with E-state index in [9.17, 15) is 0 Å². The highest BCUT2D eigenvalue weighted by atomic mass is 32.2. The zero-order valence-corrected chi connectivity index (χ0v) is 10.7. The first kappa shape index (κ1) is 13.3. The molecule has 0 aliphatic rings. The van der Waals surface area contributed by atoms with Crippen LogP contribution in [0.1, 0.15) is 41.0 Å². The molecule has 13 heavy (non-hydrogen) atoms. The summed E-state index contributed by atoms with van der Waals surface area (Å²) in [7, 11) is 0. The van der Waals surface area contributed by atoms with Gasteiger partial charge >= 0.3 is 0 Å². The SMILES string of the molecule is CCCSN(CC(C)C)CC(C)C. The Morgan fingerprint density at radius 3 is 1.77 bits per heavy atom. The molecule has 0 aliphatic carbocycles. The molecule has 0 radical (unpaired) electrons. The van der Waals surface area contributed by atoms with Gasteiger partial charge in [0, 0.05) is 18.8 Å². The fourth-order valence-corrected chi connectivity index (χ4v) is 2.46. The van der Waals surface area contributed by atoms with Crippen molar-refractivity contribution in [1.29, 1.82) is 0 Å². The van der Waals surface area contributed by atoms with Crippen molar-refractivity contribution in [2.45, 2.75) is 41.0 Å². The minimum Gasteiger partial charge on any atom is -0.250 e. The van der Waals surface area contributed by atoms with Crippen molar-refractivity contribution in [3.8, 4) is 0 Å². The third kappa shape index (κ3) is 8.63. The topological polar surface area (TPSA) is 3.24 Å². The number of rotatable bonds is 7. The summed E-state index contributed by atoms with van der Waals surface area (Å²) in [5, 5.41) is 0. The van der Waals surface area contributed by atoms with Crippen molar-refractivity contribution >= 4 is 11.9 Å². The molecule has 0 aliphatic heterocycles. The smallest absolute Gasteiger partial charge is 0.0112 e. The van der Waals surface area contributed by atoms with E-state index in [0.29, 0.717) is 0 Å². The molecule has 0 bridgehead atoms. The summed E-state index contributed by atoms with van der Waals surface area (Å²) in [4.78, 5) is 0. The fourth-order valence-electron chi connectivity index (χ4n) is 1.21. The molecule has 0 atom stereocenters. The molecule has 0 aromatic rings. The van der Waals surface area contributed by atoms with Gasteiger partial charge in [-0.2, -0.15) is 0 Å². The highest BCUT2D eigenvalue weighted by Gasteiger charge is 2.08. The third-order valence-electron chi connectivity index (χ3n) is 1.62. The Kier molecular flexibility index (Phi) is 7.87. The molecule has 0 heterocycles. The third-order valence-corrected chi connectivity index (χ3v) is 2.87. The van der Waals surface area contributed by atoms with Crippen LogP contribution >= 0.6 is 11.9 Å². The molecule has 1 nitrogen and oxygen atoms in total. The molecular formula is C11H25NS. The largest absolute Gasteiger partial charge is 0.250 e. The lowest BCUT2D eigenvalue weighted by Gasteiger charge is -2.24. The fraction of sp³-hybridized carbons (Fsp3) is 1.00. The maximum atomic E-state index is 2.53. The molecule has 0 rings (SSSR count). The minimum absolute atomic E-state index is 0.781. The second-order valence-corrected chi connectivity index (χ2v) is 5.65. The normalized spacial score (nSPS) is 12.0. The van der Waals surface area contributed by atoms with Gasteiger partial charge in [0.05, 0.1) is 0 Å². The first-order chi connectivity index (χ1) is 6.06. The van der Waals surface area contributed by atoms with E-state index in [0.717, 1.165) is 11.8 Å². The van der Waals surface area contributed by atoms with Gasteiger partial charge in [0.25, 0.3) is 0 Å². The van der Waals surface area contributed by atoms with Crippen LogP contribution in [-0.2, 0) is 0 Å². The first-order valence-corrected chi connectivity index (χ1v) is 6.38. The van der Waals surface area contributed by atoms with E-state index < -0.39 is 0 Å². The van der Waals surface area contributed by atoms with Gasteiger partial charge in [-0.25, -0.2) is 0 Å². The molecule has 0 amide bonds. The summed E-state index contributed by atoms with van der Waals surface area (Å²) in [6, 6.07) is 0. The Hall–Kier alpha value is 0.310. The van der Waals surface area contributed by atoms with Crippen LogP contribution in [-0.4, -0.2) is 23.1 Å². The van der Waals surface area contributed by atoms with E-state index in [4.69, 9.17) is 0 Å². The minimum atomic E-state index is 0.781. The molecule has 0 fully saturated rings.